The summed E-state index contributed by atoms with van der Waals surface area (Å²) in [5.74, 6) is -1.42. The van der Waals surface area contributed by atoms with Crippen LogP contribution in [0.25, 0.3) is 0 Å². The molecule has 1 spiro atoms. The van der Waals surface area contributed by atoms with E-state index in [2.05, 4.69) is 27.8 Å². The third-order valence-electron chi connectivity index (χ3n) is 6.04. The van der Waals surface area contributed by atoms with Crippen molar-refractivity contribution in [2.75, 3.05) is 4.90 Å². The van der Waals surface area contributed by atoms with Crippen LogP contribution in [0.1, 0.15) is 44.2 Å². The number of benzene rings is 2. The summed E-state index contributed by atoms with van der Waals surface area (Å²) >= 11 is 16.0. The van der Waals surface area contributed by atoms with Gasteiger partial charge in [0, 0.05) is 26.9 Å². The van der Waals surface area contributed by atoms with E-state index >= 15 is 0 Å². The van der Waals surface area contributed by atoms with E-state index in [0.717, 1.165) is 4.90 Å². The van der Waals surface area contributed by atoms with Gasteiger partial charge in [0.2, 0.25) is 11.8 Å². The number of piperidine rings is 1. The van der Waals surface area contributed by atoms with Crippen LogP contribution in [0, 0.1) is 0 Å². The zero-order valence-electron chi connectivity index (χ0n) is 18.8. The molecule has 34 heavy (non-hydrogen) atoms. The lowest BCUT2D eigenvalue weighted by atomic mass is 9.60. The average Bonchev–Trinajstić information content (AvgIpc) is 2.96. The molecular weight excluding hydrogens is 543 g/mol. The molecule has 6 nitrogen and oxygen atoms in total. The smallest absolute Gasteiger partial charge is 0.421 e. The molecule has 3 atom stereocenters. The highest BCUT2D eigenvalue weighted by molar-refractivity contribution is 9.11. The van der Waals surface area contributed by atoms with Crippen molar-refractivity contribution in [3.8, 4) is 0 Å². The molecular formula is C25H23BrCl2N2O4. The number of anilines is 1. The van der Waals surface area contributed by atoms with Gasteiger partial charge in [-0.25, -0.2) is 9.69 Å². The molecule has 0 unspecified atom stereocenters. The van der Waals surface area contributed by atoms with Crippen LogP contribution in [0.2, 0.25) is 10.0 Å². The lowest BCUT2D eigenvalue weighted by Gasteiger charge is -2.46. The lowest BCUT2D eigenvalue weighted by Crippen LogP contribution is -2.63. The van der Waals surface area contributed by atoms with Gasteiger partial charge in [-0.2, -0.15) is 0 Å². The number of ether oxygens (including phenoxy) is 1. The number of nitrogens with one attached hydrogen (secondary N) is 1. The van der Waals surface area contributed by atoms with Crippen LogP contribution >= 0.6 is 39.1 Å². The predicted octanol–water partition coefficient (Wildman–Crippen LogP) is 6.09. The highest BCUT2D eigenvalue weighted by atomic mass is 79.9. The summed E-state index contributed by atoms with van der Waals surface area (Å²) in [7, 11) is 0. The van der Waals surface area contributed by atoms with Crippen LogP contribution < -0.4 is 10.2 Å². The highest BCUT2D eigenvalue weighted by Crippen LogP contribution is 2.57. The number of amides is 3. The van der Waals surface area contributed by atoms with Gasteiger partial charge in [0.15, 0.2) is 0 Å². The summed E-state index contributed by atoms with van der Waals surface area (Å²) in [6, 6.07) is 11.1. The third-order valence-corrected chi connectivity index (χ3v) is 6.97. The quantitative estimate of drug-likeness (QED) is 0.478. The van der Waals surface area contributed by atoms with Gasteiger partial charge >= 0.3 is 6.09 Å². The molecule has 0 aromatic heterocycles. The minimum absolute atomic E-state index is 0.00703. The molecule has 0 radical (unpaired) electrons. The first-order valence-electron chi connectivity index (χ1n) is 10.6. The fourth-order valence-corrected chi connectivity index (χ4v) is 5.71. The van der Waals surface area contributed by atoms with Gasteiger partial charge < -0.3 is 10.1 Å². The lowest BCUT2D eigenvalue weighted by molar-refractivity contribution is -0.131. The number of nitrogens with zero attached hydrogens (tertiary/aromatic N) is 1. The molecule has 2 aromatic rings. The zero-order chi connectivity index (χ0) is 25.0. The van der Waals surface area contributed by atoms with Crippen LogP contribution in [0.5, 0.6) is 0 Å². The fourth-order valence-electron chi connectivity index (χ4n) is 4.86. The number of fused-ring (bicyclic) bond motifs is 2. The van der Waals surface area contributed by atoms with E-state index < -0.39 is 35.0 Å². The first-order chi connectivity index (χ1) is 15.9. The molecule has 1 fully saturated rings. The molecule has 2 aromatic carbocycles. The summed E-state index contributed by atoms with van der Waals surface area (Å²) in [5, 5.41) is 3.73. The van der Waals surface area contributed by atoms with Gasteiger partial charge in [-0.1, -0.05) is 63.9 Å². The number of imide groups is 1. The minimum atomic E-state index is -1.39. The van der Waals surface area contributed by atoms with Gasteiger partial charge in [0.25, 0.3) is 0 Å². The van der Waals surface area contributed by atoms with Gasteiger partial charge in [-0.3, -0.25) is 9.59 Å². The standard InChI is InChI=1S/C25H23BrCl2N2O4/c1-13(26)21-25(18(12-20(31)29-21)14-6-5-7-15(27)10-14)17-9-8-16(28)11-19(17)30(22(25)32)23(33)34-24(2,3)4/h5-11,18,21H,1,12H2,2-4H3,(H,29,31)/t18-,21+,25-/m0/s1. The van der Waals surface area contributed by atoms with Gasteiger partial charge in [-0.05, 0) is 56.2 Å². The Labute approximate surface area is 216 Å². The van der Waals surface area contributed by atoms with Crippen molar-refractivity contribution in [3.05, 3.63) is 74.7 Å². The van der Waals surface area contributed by atoms with E-state index in [-0.39, 0.29) is 12.3 Å². The Bertz CT molecular complexity index is 1230. The summed E-state index contributed by atoms with van der Waals surface area (Å²) in [6.07, 6.45) is -0.814. The minimum Gasteiger partial charge on any atom is -0.443 e. The number of carbonyl (C=O) groups is 3. The van der Waals surface area contributed by atoms with Crippen molar-refractivity contribution < 1.29 is 19.1 Å². The van der Waals surface area contributed by atoms with E-state index in [0.29, 0.717) is 31.3 Å². The van der Waals surface area contributed by atoms with E-state index in [9.17, 15) is 14.4 Å². The van der Waals surface area contributed by atoms with Crippen molar-refractivity contribution in [1.82, 2.24) is 5.32 Å². The number of halogens is 3. The molecule has 0 bridgehead atoms. The largest absolute Gasteiger partial charge is 0.443 e. The summed E-state index contributed by atoms with van der Waals surface area (Å²) in [4.78, 5) is 41.5. The first-order valence-corrected chi connectivity index (χ1v) is 12.2. The monoisotopic (exact) mass is 564 g/mol. The zero-order valence-corrected chi connectivity index (χ0v) is 21.9. The Kier molecular flexibility index (Phi) is 6.34. The average molecular weight is 566 g/mol. The van der Waals surface area contributed by atoms with E-state index in [4.69, 9.17) is 27.9 Å². The first kappa shape index (κ1) is 24.8. The maximum Gasteiger partial charge on any atom is 0.421 e. The number of carbonyl (C=O) groups excluding carboxylic acids is 3. The maximum absolute atomic E-state index is 14.4. The highest BCUT2D eigenvalue weighted by Gasteiger charge is 2.65. The van der Waals surface area contributed by atoms with E-state index in [1.165, 1.54) is 0 Å². The molecule has 9 heteroatoms. The Hall–Kier alpha value is -2.35. The summed E-state index contributed by atoms with van der Waals surface area (Å²) < 4.78 is 5.98. The Morgan fingerprint density at radius 1 is 1.18 bits per heavy atom. The second-order valence-electron chi connectivity index (χ2n) is 9.41. The molecule has 1 saturated heterocycles. The maximum atomic E-state index is 14.4. The SMILES string of the molecule is C=C(Br)[C@H]1NC(=O)C[C@@H](c2cccc(Cl)c2)[C@]12C(=O)N(C(=O)OC(C)(C)C)c1cc(Cl)ccc12. The fraction of sp³-hybridized carbons (Fsp3) is 0.320. The molecule has 0 saturated carbocycles. The second kappa shape index (κ2) is 8.70. The van der Waals surface area contributed by atoms with E-state index in [1.54, 1.807) is 57.2 Å². The van der Waals surface area contributed by atoms with Crippen LogP contribution in [0.4, 0.5) is 10.5 Å². The molecule has 2 heterocycles. The van der Waals surface area contributed by atoms with Crippen molar-refractivity contribution in [2.45, 2.75) is 50.2 Å². The van der Waals surface area contributed by atoms with Gasteiger partial charge in [-0.15, -0.1) is 0 Å². The van der Waals surface area contributed by atoms with E-state index in [1.807, 2.05) is 6.07 Å². The van der Waals surface area contributed by atoms with Gasteiger partial charge in [0.1, 0.15) is 11.0 Å². The number of rotatable bonds is 2. The van der Waals surface area contributed by atoms with Crippen molar-refractivity contribution in [3.63, 3.8) is 0 Å². The summed E-state index contributed by atoms with van der Waals surface area (Å²) in [6.45, 7) is 9.16. The molecule has 0 aliphatic carbocycles. The second-order valence-corrected chi connectivity index (χ2v) is 11.3. The van der Waals surface area contributed by atoms with Crippen LogP contribution in [0.3, 0.4) is 0 Å². The molecule has 178 valence electrons. The molecule has 4 rings (SSSR count). The molecule has 1 N–H and O–H groups in total. The van der Waals surface area contributed by atoms with Gasteiger partial charge in [0.05, 0.1) is 11.7 Å². The Morgan fingerprint density at radius 3 is 2.47 bits per heavy atom. The van der Waals surface area contributed by atoms with Crippen LogP contribution in [-0.2, 0) is 19.7 Å². The number of hydrogen-bond acceptors (Lipinski definition) is 4. The Balaban J connectivity index is 2.02. The van der Waals surface area contributed by atoms with Crippen molar-refractivity contribution in [1.29, 1.82) is 0 Å². The summed E-state index contributed by atoms with van der Waals surface area (Å²) in [5.41, 5.74) is -0.675. The molecule has 2 aliphatic rings. The van der Waals surface area contributed by atoms with Crippen molar-refractivity contribution in [2.24, 2.45) is 0 Å². The molecule has 2 aliphatic heterocycles. The Morgan fingerprint density at radius 2 is 1.85 bits per heavy atom. The number of hydrogen-bond donors (Lipinski definition) is 1. The predicted molar refractivity (Wildman–Crippen MR) is 136 cm³/mol. The topological polar surface area (TPSA) is 75.7 Å². The van der Waals surface area contributed by atoms with Crippen LogP contribution in [0.15, 0.2) is 53.5 Å². The van der Waals surface area contributed by atoms with Crippen molar-refractivity contribution >= 4 is 62.7 Å². The third kappa shape index (κ3) is 4.04. The van der Waals surface area contributed by atoms with Crippen LogP contribution in [-0.4, -0.2) is 29.6 Å². The molecule has 3 amide bonds. The normalized spacial score (nSPS) is 24.1.